The Morgan fingerprint density at radius 3 is 2.75 bits per heavy atom. The molecular formula is C17H23ClN2. The van der Waals surface area contributed by atoms with Crippen LogP contribution in [-0.2, 0) is 6.54 Å². The number of aromatic nitrogens is 2. The van der Waals surface area contributed by atoms with E-state index in [2.05, 4.69) is 29.7 Å². The molecule has 3 heteroatoms. The highest BCUT2D eigenvalue weighted by atomic mass is 35.5. The molecular weight excluding hydrogens is 268 g/mol. The lowest BCUT2D eigenvalue weighted by Crippen LogP contribution is -2.16. The third-order valence-electron chi connectivity index (χ3n) is 4.53. The van der Waals surface area contributed by atoms with E-state index in [1.807, 2.05) is 6.92 Å². The molecule has 108 valence electrons. The minimum absolute atomic E-state index is 0.0367. The Bertz CT molecular complexity index is 594. The molecule has 2 aromatic rings. The first-order valence-electron chi connectivity index (χ1n) is 7.76. The Labute approximate surface area is 126 Å². The van der Waals surface area contributed by atoms with Crippen molar-refractivity contribution in [2.45, 2.75) is 57.9 Å². The molecule has 2 nitrogen and oxygen atoms in total. The SMILES string of the molecule is Cc1cccc2c1nc(C(C)Cl)n2CC1CCCCC1. The number of alkyl halides is 1. The third kappa shape index (κ3) is 2.58. The Balaban J connectivity index is 2.02. The Morgan fingerprint density at radius 2 is 2.05 bits per heavy atom. The van der Waals surface area contributed by atoms with Gasteiger partial charge in [-0.15, -0.1) is 11.6 Å². The van der Waals surface area contributed by atoms with Crippen molar-refractivity contribution in [1.82, 2.24) is 9.55 Å². The largest absolute Gasteiger partial charge is 0.326 e. The fraction of sp³-hybridized carbons (Fsp3) is 0.588. The topological polar surface area (TPSA) is 17.8 Å². The second-order valence-electron chi connectivity index (χ2n) is 6.14. The molecule has 1 aromatic heterocycles. The summed E-state index contributed by atoms with van der Waals surface area (Å²) < 4.78 is 2.37. The summed E-state index contributed by atoms with van der Waals surface area (Å²) in [5.41, 5.74) is 3.60. The predicted octanol–water partition coefficient (Wildman–Crippen LogP) is 5.22. The number of nitrogens with zero attached hydrogens (tertiary/aromatic N) is 2. The van der Waals surface area contributed by atoms with Crippen LogP contribution in [0.2, 0.25) is 0 Å². The lowest BCUT2D eigenvalue weighted by molar-refractivity contribution is 0.319. The number of para-hydroxylation sites is 1. The molecule has 1 aromatic carbocycles. The first kappa shape index (κ1) is 13.9. The first-order valence-corrected chi connectivity index (χ1v) is 8.20. The number of rotatable bonds is 3. The Kier molecular flexibility index (Phi) is 4.02. The average molecular weight is 291 g/mol. The highest BCUT2D eigenvalue weighted by Gasteiger charge is 2.20. The van der Waals surface area contributed by atoms with Crippen LogP contribution in [0, 0.1) is 12.8 Å². The molecule has 1 atom stereocenters. The van der Waals surface area contributed by atoms with E-state index in [9.17, 15) is 0 Å². The zero-order valence-corrected chi connectivity index (χ0v) is 13.2. The smallest absolute Gasteiger partial charge is 0.127 e. The Morgan fingerprint density at radius 1 is 1.30 bits per heavy atom. The number of benzene rings is 1. The number of hydrogen-bond donors (Lipinski definition) is 0. The van der Waals surface area contributed by atoms with E-state index in [-0.39, 0.29) is 5.38 Å². The maximum atomic E-state index is 6.37. The average Bonchev–Trinajstić information content (AvgIpc) is 2.81. The maximum absolute atomic E-state index is 6.37. The van der Waals surface area contributed by atoms with Crippen molar-refractivity contribution in [3.8, 4) is 0 Å². The van der Waals surface area contributed by atoms with Crippen molar-refractivity contribution in [2.24, 2.45) is 5.92 Å². The summed E-state index contributed by atoms with van der Waals surface area (Å²) in [6, 6.07) is 6.43. The molecule has 1 saturated carbocycles. The molecule has 1 fully saturated rings. The van der Waals surface area contributed by atoms with Crippen LogP contribution < -0.4 is 0 Å². The van der Waals surface area contributed by atoms with Gasteiger partial charge in [0.1, 0.15) is 5.82 Å². The van der Waals surface area contributed by atoms with Crippen molar-refractivity contribution < 1.29 is 0 Å². The van der Waals surface area contributed by atoms with E-state index in [0.717, 1.165) is 23.8 Å². The van der Waals surface area contributed by atoms with E-state index < -0.39 is 0 Å². The van der Waals surface area contributed by atoms with Gasteiger partial charge >= 0.3 is 0 Å². The van der Waals surface area contributed by atoms with E-state index in [4.69, 9.17) is 16.6 Å². The zero-order chi connectivity index (χ0) is 14.1. The van der Waals surface area contributed by atoms with Crippen molar-refractivity contribution in [3.63, 3.8) is 0 Å². The number of aryl methyl sites for hydroxylation is 1. The summed E-state index contributed by atoms with van der Waals surface area (Å²) >= 11 is 6.37. The second-order valence-corrected chi connectivity index (χ2v) is 6.80. The molecule has 3 rings (SSSR count). The highest BCUT2D eigenvalue weighted by molar-refractivity contribution is 6.20. The maximum Gasteiger partial charge on any atom is 0.127 e. The zero-order valence-electron chi connectivity index (χ0n) is 12.4. The van der Waals surface area contributed by atoms with Crippen LogP contribution in [-0.4, -0.2) is 9.55 Å². The van der Waals surface area contributed by atoms with Crippen LogP contribution in [0.25, 0.3) is 11.0 Å². The quantitative estimate of drug-likeness (QED) is 0.708. The summed E-state index contributed by atoms with van der Waals surface area (Å²) in [6.45, 7) is 5.23. The molecule has 0 spiro atoms. The van der Waals surface area contributed by atoms with Crippen LogP contribution in [0.1, 0.15) is 55.8 Å². The predicted molar refractivity (Wildman–Crippen MR) is 85.3 cm³/mol. The normalized spacial score (nSPS) is 18.6. The van der Waals surface area contributed by atoms with Crippen molar-refractivity contribution in [1.29, 1.82) is 0 Å². The molecule has 0 radical (unpaired) electrons. The van der Waals surface area contributed by atoms with Crippen LogP contribution in [0.3, 0.4) is 0 Å². The molecule has 1 aliphatic rings. The van der Waals surface area contributed by atoms with Gasteiger partial charge in [0, 0.05) is 6.54 Å². The van der Waals surface area contributed by atoms with Gasteiger partial charge in [0.2, 0.25) is 0 Å². The van der Waals surface area contributed by atoms with Crippen molar-refractivity contribution in [2.75, 3.05) is 0 Å². The van der Waals surface area contributed by atoms with E-state index in [0.29, 0.717) is 0 Å². The van der Waals surface area contributed by atoms with E-state index in [1.165, 1.54) is 43.2 Å². The molecule has 0 saturated heterocycles. The van der Waals surface area contributed by atoms with Gasteiger partial charge in [-0.2, -0.15) is 0 Å². The van der Waals surface area contributed by atoms with E-state index >= 15 is 0 Å². The van der Waals surface area contributed by atoms with E-state index in [1.54, 1.807) is 0 Å². The van der Waals surface area contributed by atoms with Gasteiger partial charge < -0.3 is 4.57 Å². The molecule has 1 unspecified atom stereocenters. The fourth-order valence-corrected chi connectivity index (χ4v) is 3.60. The van der Waals surface area contributed by atoms with Crippen LogP contribution in [0.4, 0.5) is 0 Å². The minimum atomic E-state index is -0.0367. The minimum Gasteiger partial charge on any atom is -0.326 e. The van der Waals surface area contributed by atoms with Crippen molar-refractivity contribution in [3.05, 3.63) is 29.6 Å². The number of halogens is 1. The van der Waals surface area contributed by atoms with Gasteiger partial charge in [-0.1, -0.05) is 31.4 Å². The third-order valence-corrected chi connectivity index (χ3v) is 4.73. The molecule has 1 heterocycles. The highest BCUT2D eigenvalue weighted by Crippen LogP contribution is 2.31. The summed E-state index contributed by atoms with van der Waals surface area (Å²) in [7, 11) is 0. The van der Waals surface area contributed by atoms with Gasteiger partial charge in [-0.05, 0) is 44.2 Å². The molecule has 0 bridgehead atoms. The Hall–Kier alpha value is -1.02. The van der Waals surface area contributed by atoms with Gasteiger partial charge in [-0.3, -0.25) is 0 Å². The summed E-state index contributed by atoms with van der Waals surface area (Å²) in [5, 5.41) is -0.0367. The van der Waals surface area contributed by atoms with Crippen LogP contribution in [0.5, 0.6) is 0 Å². The van der Waals surface area contributed by atoms with Gasteiger partial charge in [-0.25, -0.2) is 4.98 Å². The van der Waals surface area contributed by atoms with Gasteiger partial charge in [0.25, 0.3) is 0 Å². The summed E-state index contributed by atoms with van der Waals surface area (Å²) in [5.74, 6) is 1.82. The van der Waals surface area contributed by atoms with Crippen LogP contribution >= 0.6 is 11.6 Å². The summed E-state index contributed by atoms with van der Waals surface area (Å²) in [4.78, 5) is 4.81. The molecule has 0 amide bonds. The lowest BCUT2D eigenvalue weighted by Gasteiger charge is -2.23. The molecule has 20 heavy (non-hydrogen) atoms. The number of imidazole rings is 1. The fourth-order valence-electron chi connectivity index (χ4n) is 3.43. The summed E-state index contributed by atoms with van der Waals surface area (Å²) in [6.07, 6.45) is 6.85. The molecule has 0 N–H and O–H groups in total. The van der Waals surface area contributed by atoms with Gasteiger partial charge in [0.05, 0.1) is 16.4 Å². The molecule has 1 aliphatic carbocycles. The van der Waals surface area contributed by atoms with Gasteiger partial charge in [0.15, 0.2) is 0 Å². The van der Waals surface area contributed by atoms with Crippen molar-refractivity contribution >= 4 is 22.6 Å². The standard InChI is InChI=1S/C17H23ClN2/c1-12-7-6-10-15-16(12)19-17(13(2)18)20(15)11-14-8-4-3-5-9-14/h6-7,10,13-14H,3-5,8-9,11H2,1-2H3. The number of hydrogen-bond acceptors (Lipinski definition) is 1. The monoisotopic (exact) mass is 290 g/mol. The second kappa shape index (κ2) is 5.77. The molecule has 0 aliphatic heterocycles. The lowest BCUT2D eigenvalue weighted by atomic mass is 9.89. The first-order chi connectivity index (χ1) is 9.66. The number of fused-ring (bicyclic) bond motifs is 1. The van der Waals surface area contributed by atoms with Crippen LogP contribution in [0.15, 0.2) is 18.2 Å².